The molecular weight excluding hydrogens is 498 g/mol. The zero-order valence-corrected chi connectivity index (χ0v) is 24.2. The molecule has 1 aromatic rings. The van der Waals surface area contributed by atoms with E-state index in [9.17, 15) is 24.4 Å². The van der Waals surface area contributed by atoms with Crippen molar-refractivity contribution >= 4 is 29.5 Å². The molecule has 2 aliphatic heterocycles. The van der Waals surface area contributed by atoms with Crippen LogP contribution in [0.5, 0.6) is 0 Å². The molecule has 1 saturated heterocycles. The number of alkyl carbamates (subject to hydrolysis) is 1. The van der Waals surface area contributed by atoms with Crippen LogP contribution in [0.3, 0.4) is 0 Å². The molecule has 2 aliphatic rings. The van der Waals surface area contributed by atoms with Gasteiger partial charge in [-0.15, -0.1) is 0 Å². The van der Waals surface area contributed by atoms with Crippen molar-refractivity contribution in [2.75, 3.05) is 11.9 Å². The smallest absolute Gasteiger partial charge is 0.408 e. The molecular formula is C29H41N5O5. The molecule has 4 atom stereocenters. The van der Waals surface area contributed by atoms with E-state index in [4.69, 9.17) is 4.74 Å². The van der Waals surface area contributed by atoms with Crippen LogP contribution in [-0.4, -0.2) is 59.0 Å². The SMILES string of the molecule is CC(C)C[C@H](NC(=O)[C@@H](NC(=O)OC(C)(C)C)C(C)(C)C)C(=O)N1C[C@]2(C[C@H]1C#N)C(=O)Nc1ccccc12. The molecule has 39 heavy (non-hydrogen) atoms. The van der Waals surface area contributed by atoms with E-state index in [2.05, 4.69) is 22.0 Å². The highest BCUT2D eigenvalue weighted by atomic mass is 16.6. The topological polar surface area (TPSA) is 141 Å². The zero-order chi connectivity index (χ0) is 29.3. The standard InChI is InChI=1S/C29H41N5O5/c1-17(2)13-21(31-23(35)22(27(3,4)5)33-26(38)39-28(6,7)8)24(36)34-16-29(14-18(34)15-30)19-11-9-10-12-20(19)32-25(29)37/h9-12,17-18,21-22H,13-14,16H2,1-8H3,(H,31,35)(H,32,37)(H,33,38)/t18-,21-,22+,29-/m0/s1. The Labute approximate surface area is 230 Å². The number of amides is 4. The summed E-state index contributed by atoms with van der Waals surface area (Å²) in [5, 5.41) is 18.4. The number of likely N-dealkylation sites (tertiary alicyclic amines) is 1. The molecule has 3 N–H and O–H groups in total. The number of carbonyl (C=O) groups excluding carboxylic acids is 4. The van der Waals surface area contributed by atoms with Crippen LogP contribution in [0, 0.1) is 22.7 Å². The molecule has 1 fully saturated rings. The van der Waals surface area contributed by atoms with Gasteiger partial charge in [0.1, 0.15) is 23.7 Å². The van der Waals surface area contributed by atoms with Crippen molar-refractivity contribution < 1.29 is 23.9 Å². The van der Waals surface area contributed by atoms with Crippen LogP contribution in [-0.2, 0) is 24.5 Å². The molecule has 0 bridgehead atoms. The van der Waals surface area contributed by atoms with E-state index in [1.807, 2.05) is 32.0 Å². The summed E-state index contributed by atoms with van der Waals surface area (Å²) in [7, 11) is 0. The monoisotopic (exact) mass is 539 g/mol. The third-order valence-electron chi connectivity index (χ3n) is 7.03. The second-order valence-electron chi connectivity index (χ2n) is 13.0. The van der Waals surface area contributed by atoms with Gasteiger partial charge in [-0.05, 0) is 50.2 Å². The van der Waals surface area contributed by atoms with Crippen molar-refractivity contribution in [1.29, 1.82) is 5.26 Å². The number of ether oxygens (including phenoxy) is 1. The Morgan fingerprint density at radius 3 is 2.36 bits per heavy atom. The van der Waals surface area contributed by atoms with E-state index in [0.717, 1.165) is 5.56 Å². The van der Waals surface area contributed by atoms with Crippen molar-refractivity contribution in [1.82, 2.24) is 15.5 Å². The molecule has 0 aromatic heterocycles. The maximum absolute atomic E-state index is 13.9. The molecule has 0 radical (unpaired) electrons. The Balaban J connectivity index is 1.86. The maximum Gasteiger partial charge on any atom is 0.408 e. The number of fused-ring (bicyclic) bond motifs is 2. The van der Waals surface area contributed by atoms with E-state index in [1.54, 1.807) is 47.6 Å². The normalized spacial score (nSPS) is 22.1. The van der Waals surface area contributed by atoms with Gasteiger partial charge in [0.2, 0.25) is 17.7 Å². The Bertz CT molecular complexity index is 1180. The lowest BCUT2D eigenvalue weighted by Crippen LogP contribution is -2.59. The van der Waals surface area contributed by atoms with Crippen LogP contribution < -0.4 is 16.0 Å². The Morgan fingerprint density at radius 2 is 1.79 bits per heavy atom. The summed E-state index contributed by atoms with van der Waals surface area (Å²) in [5.41, 5.74) is -1.01. The van der Waals surface area contributed by atoms with Gasteiger partial charge in [0.15, 0.2) is 0 Å². The lowest BCUT2D eigenvalue weighted by Gasteiger charge is -2.34. The Kier molecular flexibility index (Phi) is 8.34. The fourth-order valence-electron chi connectivity index (χ4n) is 5.23. The van der Waals surface area contributed by atoms with Gasteiger partial charge in [0.25, 0.3) is 0 Å². The third-order valence-corrected chi connectivity index (χ3v) is 7.03. The van der Waals surface area contributed by atoms with Crippen LogP contribution in [0.25, 0.3) is 0 Å². The lowest BCUT2D eigenvalue weighted by molar-refractivity contribution is -0.138. The number of hydrogen-bond donors (Lipinski definition) is 3. The molecule has 10 nitrogen and oxygen atoms in total. The molecule has 10 heteroatoms. The maximum atomic E-state index is 13.9. The average molecular weight is 540 g/mol. The molecule has 3 rings (SSSR count). The van der Waals surface area contributed by atoms with Gasteiger partial charge in [-0.1, -0.05) is 52.8 Å². The summed E-state index contributed by atoms with van der Waals surface area (Å²) < 4.78 is 5.35. The van der Waals surface area contributed by atoms with E-state index < -0.39 is 52.5 Å². The summed E-state index contributed by atoms with van der Waals surface area (Å²) in [6, 6.07) is 6.73. The second-order valence-corrected chi connectivity index (χ2v) is 13.0. The molecule has 212 valence electrons. The molecule has 4 amide bonds. The fourth-order valence-corrected chi connectivity index (χ4v) is 5.23. The molecule has 0 saturated carbocycles. The summed E-state index contributed by atoms with van der Waals surface area (Å²) in [6.07, 6.45) is -0.245. The molecule has 0 aliphatic carbocycles. The number of carbonyl (C=O) groups is 4. The largest absolute Gasteiger partial charge is 0.444 e. The van der Waals surface area contributed by atoms with Gasteiger partial charge in [0.05, 0.1) is 11.5 Å². The third kappa shape index (κ3) is 6.52. The first-order valence-electron chi connectivity index (χ1n) is 13.4. The highest BCUT2D eigenvalue weighted by Crippen LogP contribution is 2.46. The highest BCUT2D eigenvalue weighted by molar-refractivity contribution is 6.07. The zero-order valence-electron chi connectivity index (χ0n) is 24.2. The van der Waals surface area contributed by atoms with Crippen LogP contribution in [0.15, 0.2) is 24.3 Å². The van der Waals surface area contributed by atoms with Gasteiger partial charge in [-0.3, -0.25) is 14.4 Å². The lowest BCUT2D eigenvalue weighted by atomic mass is 9.80. The van der Waals surface area contributed by atoms with E-state index >= 15 is 0 Å². The van der Waals surface area contributed by atoms with Crippen molar-refractivity contribution in [3.8, 4) is 6.07 Å². The minimum atomic E-state index is -1.02. The van der Waals surface area contributed by atoms with Gasteiger partial charge in [-0.25, -0.2) is 4.79 Å². The van der Waals surface area contributed by atoms with Crippen LogP contribution >= 0.6 is 0 Å². The van der Waals surface area contributed by atoms with Crippen molar-refractivity contribution in [3.63, 3.8) is 0 Å². The number of nitrogens with zero attached hydrogens (tertiary/aromatic N) is 2. The fraction of sp³-hybridized carbons (Fsp3) is 0.621. The number of benzene rings is 1. The first-order chi connectivity index (χ1) is 18.0. The van der Waals surface area contributed by atoms with Gasteiger partial charge in [-0.2, -0.15) is 5.26 Å². The summed E-state index contributed by atoms with van der Waals surface area (Å²) in [5.74, 6) is -1.15. The number of rotatable bonds is 6. The first kappa shape index (κ1) is 29.9. The number of para-hydroxylation sites is 1. The molecule has 0 unspecified atom stereocenters. The summed E-state index contributed by atoms with van der Waals surface area (Å²) in [4.78, 5) is 54.6. The highest BCUT2D eigenvalue weighted by Gasteiger charge is 2.56. The second kappa shape index (κ2) is 10.9. The Morgan fingerprint density at radius 1 is 1.15 bits per heavy atom. The van der Waals surface area contributed by atoms with E-state index in [0.29, 0.717) is 12.1 Å². The molecule has 2 heterocycles. The number of hydrogen-bond acceptors (Lipinski definition) is 6. The van der Waals surface area contributed by atoms with Crippen LogP contribution in [0.1, 0.15) is 73.8 Å². The minimum Gasteiger partial charge on any atom is -0.444 e. The summed E-state index contributed by atoms with van der Waals surface area (Å²) >= 11 is 0. The van der Waals surface area contributed by atoms with Gasteiger partial charge < -0.3 is 25.6 Å². The molecule has 1 spiro atoms. The minimum absolute atomic E-state index is 0.0379. The number of nitrogens with one attached hydrogen (secondary N) is 3. The van der Waals surface area contributed by atoms with E-state index in [1.165, 1.54) is 4.90 Å². The van der Waals surface area contributed by atoms with Crippen LogP contribution in [0.2, 0.25) is 0 Å². The predicted molar refractivity (Wildman–Crippen MR) is 146 cm³/mol. The molecule has 1 aromatic carbocycles. The Hall–Kier alpha value is -3.61. The van der Waals surface area contributed by atoms with E-state index in [-0.39, 0.29) is 24.8 Å². The van der Waals surface area contributed by atoms with Crippen molar-refractivity contribution in [2.45, 2.75) is 97.4 Å². The van der Waals surface area contributed by atoms with Crippen molar-refractivity contribution in [2.24, 2.45) is 11.3 Å². The predicted octanol–water partition coefficient (Wildman–Crippen LogP) is 3.47. The van der Waals surface area contributed by atoms with Gasteiger partial charge >= 0.3 is 6.09 Å². The van der Waals surface area contributed by atoms with Crippen LogP contribution in [0.4, 0.5) is 10.5 Å². The first-order valence-corrected chi connectivity index (χ1v) is 13.4. The average Bonchev–Trinajstić information content (AvgIpc) is 3.32. The quantitative estimate of drug-likeness (QED) is 0.506. The van der Waals surface area contributed by atoms with Crippen molar-refractivity contribution in [3.05, 3.63) is 29.8 Å². The van der Waals surface area contributed by atoms with Gasteiger partial charge in [0, 0.05) is 18.7 Å². The number of nitriles is 1. The summed E-state index contributed by atoms with van der Waals surface area (Å²) in [6.45, 7) is 14.5. The number of anilines is 1.